The minimum Gasteiger partial charge on any atom is -0.490 e. The zero-order valence-corrected chi connectivity index (χ0v) is 14.8. The second-order valence-corrected chi connectivity index (χ2v) is 6.28. The summed E-state index contributed by atoms with van der Waals surface area (Å²) in [5.41, 5.74) is 6.81. The molecule has 6 nitrogen and oxygen atoms in total. The molecule has 2 aromatic carbocycles. The molecule has 0 aliphatic carbocycles. The van der Waals surface area contributed by atoms with Gasteiger partial charge in [-0.3, -0.25) is 4.79 Å². The standard InChI is InChI=1S/C18H16ClFN4O2/c1-9(2)26-16-7-15-11(6-12(16)17(21)25)18(23-8-22-15)24-10-3-4-14(20)13(19)5-10/h3-9H,1-2H3,(H2,21,25)(H,22,23,24). The van der Waals surface area contributed by atoms with Crippen LogP contribution in [0.4, 0.5) is 15.9 Å². The number of fused-ring (bicyclic) bond motifs is 1. The number of benzene rings is 2. The van der Waals surface area contributed by atoms with Gasteiger partial charge in [-0.1, -0.05) is 11.6 Å². The van der Waals surface area contributed by atoms with E-state index in [4.69, 9.17) is 22.1 Å². The first-order valence-corrected chi connectivity index (χ1v) is 8.20. The van der Waals surface area contributed by atoms with E-state index in [-0.39, 0.29) is 16.7 Å². The van der Waals surface area contributed by atoms with Gasteiger partial charge in [-0.25, -0.2) is 14.4 Å². The molecule has 0 radical (unpaired) electrons. The number of hydrogen-bond donors (Lipinski definition) is 2. The van der Waals surface area contributed by atoms with Gasteiger partial charge in [0.15, 0.2) is 0 Å². The van der Waals surface area contributed by atoms with Crippen LogP contribution in [0.5, 0.6) is 5.75 Å². The lowest BCUT2D eigenvalue weighted by Crippen LogP contribution is -2.16. The van der Waals surface area contributed by atoms with E-state index in [9.17, 15) is 9.18 Å². The van der Waals surface area contributed by atoms with Gasteiger partial charge in [0.05, 0.1) is 22.2 Å². The number of amides is 1. The van der Waals surface area contributed by atoms with Crippen LogP contribution in [0.25, 0.3) is 10.9 Å². The highest BCUT2D eigenvalue weighted by Gasteiger charge is 2.16. The fourth-order valence-electron chi connectivity index (χ4n) is 2.44. The Morgan fingerprint density at radius 2 is 2.04 bits per heavy atom. The number of ether oxygens (including phenoxy) is 1. The van der Waals surface area contributed by atoms with Crippen molar-refractivity contribution in [2.75, 3.05) is 5.32 Å². The van der Waals surface area contributed by atoms with Gasteiger partial charge in [-0.05, 0) is 38.1 Å². The molecule has 1 heterocycles. The van der Waals surface area contributed by atoms with E-state index in [1.165, 1.54) is 24.5 Å². The Hall–Kier alpha value is -2.93. The Morgan fingerprint density at radius 3 is 2.69 bits per heavy atom. The van der Waals surface area contributed by atoms with Gasteiger partial charge < -0.3 is 15.8 Å². The van der Waals surface area contributed by atoms with Crippen molar-refractivity contribution in [2.24, 2.45) is 5.73 Å². The Morgan fingerprint density at radius 1 is 1.27 bits per heavy atom. The lowest BCUT2D eigenvalue weighted by atomic mass is 10.1. The largest absolute Gasteiger partial charge is 0.490 e. The molecule has 0 aliphatic heterocycles. The van der Waals surface area contributed by atoms with Crippen LogP contribution in [0.15, 0.2) is 36.7 Å². The van der Waals surface area contributed by atoms with Gasteiger partial charge in [0, 0.05) is 17.1 Å². The second-order valence-electron chi connectivity index (χ2n) is 5.87. The average Bonchev–Trinajstić information content (AvgIpc) is 2.57. The minimum absolute atomic E-state index is 0.0150. The highest BCUT2D eigenvalue weighted by Crippen LogP contribution is 2.31. The van der Waals surface area contributed by atoms with E-state index >= 15 is 0 Å². The van der Waals surface area contributed by atoms with Gasteiger partial charge >= 0.3 is 0 Å². The zero-order chi connectivity index (χ0) is 18.8. The Balaban J connectivity index is 2.10. The molecule has 134 valence electrons. The topological polar surface area (TPSA) is 90.1 Å². The third kappa shape index (κ3) is 3.67. The van der Waals surface area contributed by atoms with E-state index in [0.717, 1.165) is 0 Å². The molecule has 26 heavy (non-hydrogen) atoms. The van der Waals surface area contributed by atoms with Crippen molar-refractivity contribution in [3.05, 3.63) is 53.1 Å². The third-order valence-electron chi connectivity index (χ3n) is 3.55. The van der Waals surface area contributed by atoms with E-state index in [1.54, 1.807) is 12.1 Å². The molecule has 8 heteroatoms. The minimum atomic E-state index is -0.623. The van der Waals surface area contributed by atoms with Crippen LogP contribution >= 0.6 is 11.6 Å². The molecule has 1 aromatic heterocycles. The molecule has 3 aromatic rings. The van der Waals surface area contributed by atoms with Crippen LogP contribution in [0.3, 0.4) is 0 Å². The predicted molar refractivity (Wildman–Crippen MR) is 98.5 cm³/mol. The summed E-state index contributed by atoms with van der Waals surface area (Å²) in [7, 11) is 0. The van der Waals surface area contributed by atoms with E-state index < -0.39 is 11.7 Å². The average molecular weight is 375 g/mol. The summed E-state index contributed by atoms with van der Waals surface area (Å²) in [6, 6.07) is 7.43. The summed E-state index contributed by atoms with van der Waals surface area (Å²) in [4.78, 5) is 20.2. The first-order valence-electron chi connectivity index (χ1n) is 7.82. The number of carbonyl (C=O) groups excluding carboxylic acids is 1. The molecule has 0 bridgehead atoms. The number of rotatable bonds is 5. The molecule has 0 aliphatic rings. The van der Waals surface area contributed by atoms with Gasteiger partial charge in [-0.2, -0.15) is 0 Å². The van der Waals surface area contributed by atoms with Crippen molar-refractivity contribution < 1.29 is 13.9 Å². The molecule has 1 amide bonds. The first kappa shape index (κ1) is 17.9. The van der Waals surface area contributed by atoms with Crippen molar-refractivity contribution in [2.45, 2.75) is 20.0 Å². The molecule has 0 spiro atoms. The summed E-state index contributed by atoms with van der Waals surface area (Å²) < 4.78 is 19.0. The maximum Gasteiger partial charge on any atom is 0.252 e. The van der Waals surface area contributed by atoms with Crippen molar-refractivity contribution in [3.63, 3.8) is 0 Å². The summed E-state index contributed by atoms with van der Waals surface area (Å²) in [6.45, 7) is 3.69. The van der Waals surface area contributed by atoms with Crippen LogP contribution in [0.1, 0.15) is 24.2 Å². The number of aromatic nitrogens is 2. The van der Waals surface area contributed by atoms with Crippen molar-refractivity contribution in [3.8, 4) is 5.75 Å². The fraction of sp³-hybridized carbons (Fsp3) is 0.167. The molecular weight excluding hydrogens is 359 g/mol. The van der Waals surface area contributed by atoms with Crippen LogP contribution in [-0.2, 0) is 0 Å². The van der Waals surface area contributed by atoms with Gasteiger partial charge in [0.2, 0.25) is 0 Å². The molecule has 0 saturated heterocycles. The van der Waals surface area contributed by atoms with E-state index in [2.05, 4.69) is 15.3 Å². The Bertz CT molecular complexity index is 994. The molecule has 0 saturated carbocycles. The monoisotopic (exact) mass is 374 g/mol. The van der Waals surface area contributed by atoms with Crippen molar-refractivity contribution in [1.82, 2.24) is 9.97 Å². The summed E-state index contributed by atoms with van der Waals surface area (Å²) in [6.07, 6.45) is 1.24. The molecular formula is C18H16ClFN4O2. The molecule has 3 N–H and O–H groups in total. The van der Waals surface area contributed by atoms with Crippen molar-refractivity contribution in [1.29, 1.82) is 0 Å². The molecule has 0 atom stereocenters. The predicted octanol–water partition coefficient (Wildman–Crippen LogP) is 4.05. The number of anilines is 2. The number of nitrogens with one attached hydrogen (secondary N) is 1. The van der Waals surface area contributed by atoms with Crippen LogP contribution in [-0.4, -0.2) is 22.0 Å². The van der Waals surface area contributed by atoms with E-state index in [0.29, 0.717) is 28.2 Å². The number of carbonyl (C=O) groups is 1. The lowest BCUT2D eigenvalue weighted by molar-refractivity contribution is 0.0995. The number of halogens is 2. The zero-order valence-electron chi connectivity index (χ0n) is 14.1. The number of nitrogens with zero attached hydrogens (tertiary/aromatic N) is 2. The number of hydrogen-bond acceptors (Lipinski definition) is 5. The van der Waals surface area contributed by atoms with Crippen LogP contribution < -0.4 is 15.8 Å². The Kier molecular flexibility index (Phi) is 4.90. The van der Waals surface area contributed by atoms with E-state index in [1.807, 2.05) is 13.8 Å². The molecule has 3 rings (SSSR count). The highest BCUT2D eigenvalue weighted by molar-refractivity contribution is 6.31. The smallest absolute Gasteiger partial charge is 0.252 e. The first-order chi connectivity index (χ1) is 12.3. The highest BCUT2D eigenvalue weighted by atomic mass is 35.5. The fourth-order valence-corrected chi connectivity index (χ4v) is 2.62. The quantitative estimate of drug-likeness (QED) is 0.703. The van der Waals surface area contributed by atoms with Gasteiger partial charge in [0.25, 0.3) is 5.91 Å². The summed E-state index contributed by atoms with van der Waals surface area (Å²) >= 11 is 5.81. The summed E-state index contributed by atoms with van der Waals surface area (Å²) in [5, 5.41) is 3.60. The van der Waals surface area contributed by atoms with Crippen molar-refractivity contribution >= 4 is 39.9 Å². The number of primary amides is 1. The lowest BCUT2D eigenvalue weighted by Gasteiger charge is -2.15. The maximum atomic E-state index is 13.3. The second kappa shape index (κ2) is 7.13. The molecule has 0 fully saturated rings. The van der Waals surface area contributed by atoms with Gasteiger partial charge in [-0.15, -0.1) is 0 Å². The summed E-state index contributed by atoms with van der Waals surface area (Å²) in [5.74, 6) is -0.357. The van der Waals surface area contributed by atoms with Crippen LogP contribution in [0.2, 0.25) is 5.02 Å². The SMILES string of the molecule is CC(C)Oc1cc2ncnc(Nc3ccc(F)c(Cl)c3)c2cc1C(N)=O. The Labute approximate surface area is 154 Å². The third-order valence-corrected chi connectivity index (χ3v) is 3.84. The maximum absolute atomic E-state index is 13.3. The normalized spacial score (nSPS) is 11.0. The van der Waals surface area contributed by atoms with Crippen LogP contribution in [0, 0.1) is 5.82 Å². The molecule has 0 unspecified atom stereocenters. The number of nitrogens with two attached hydrogens (primary N) is 1. The van der Waals surface area contributed by atoms with Gasteiger partial charge in [0.1, 0.15) is 23.7 Å².